The Morgan fingerprint density at radius 2 is 1.68 bits per heavy atom. The summed E-state index contributed by atoms with van der Waals surface area (Å²) in [5, 5.41) is 0.667. The number of rotatable bonds is 4. The van der Waals surface area contributed by atoms with Crippen LogP contribution in [0.2, 0.25) is 5.02 Å². The Hall–Kier alpha value is -1.71. The number of hydrogen-bond acceptors (Lipinski definition) is 3. The average Bonchev–Trinajstić information content (AvgIpc) is 2.47. The molecule has 0 aliphatic rings. The van der Waals surface area contributed by atoms with Crippen molar-refractivity contribution in [3.8, 4) is 22.6 Å². The van der Waals surface area contributed by atoms with Gasteiger partial charge in [0.15, 0.2) is 0 Å². The lowest BCUT2D eigenvalue weighted by atomic mass is 10.0. The van der Waals surface area contributed by atoms with Crippen molar-refractivity contribution >= 4 is 11.6 Å². The maximum atomic E-state index is 6.09. The molecule has 2 rings (SSSR count). The van der Waals surface area contributed by atoms with Crippen LogP contribution in [0.25, 0.3) is 11.1 Å². The highest BCUT2D eigenvalue weighted by molar-refractivity contribution is 6.31. The van der Waals surface area contributed by atoms with Crippen LogP contribution in [0.1, 0.15) is 5.56 Å². The predicted octanol–water partition coefficient (Wildman–Crippen LogP) is 3.48. The van der Waals surface area contributed by atoms with Gasteiger partial charge in [-0.25, -0.2) is 0 Å². The van der Waals surface area contributed by atoms with E-state index in [0.717, 1.165) is 28.2 Å². The molecule has 2 N–H and O–H groups in total. The molecule has 0 saturated carbocycles. The monoisotopic (exact) mass is 277 g/mol. The largest absolute Gasteiger partial charge is 0.496 e. The molecule has 0 unspecified atom stereocenters. The molecule has 3 nitrogen and oxygen atoms in total. The lowest BCUT2D eigenvalue weighted by Gasteiger charge is -2.14. The van der Waals surface area contributed by atoms with E-state index in [-0.39, 0.29) is 0 Å². The summed E-state index contributed by atoms with van der Waals surface area (Å²) in [4.78, 5) is 0. The minimum atomic E-state index is 0.393. The maximum Gasteiger partial charge on any atom is 0.130 e. The summed E-state index contributed by atoms with van der Waals surface area (Å²) in [6, 6.07) is 11.4. The molecule has 0 aliphatic heterocycles. The molecule has 4 heteroatoms. The fourth-order valence-corrected chi connectivity index (χ4v) is 2.22. The third kappa shape index (κ3) is 2.67. The van der Waals surface area contributed by atoms with Gasteiger partial charge in [-0.3, -0.25) is 0 Å². The Kier molecular flexibility index (Phi) is 4.30. The third-order valence-corrected chi connectivity index (χ3v) is 3.35. The molecular formula is C15H16ClNO2. The molecule has 0 aliphatic carbocycles. The van der Waals surface area contributed by atoms with E-state index in [2.05, 4.69) is 0 Å². The summed E-state index contributed by atoms with van der Waals surface area (Å²) in [6.07, 6.45) is 0. The smallest absolute Gasteiger partial charge is 0.130 e. The summed E-state index contributed by atoms with van der Waals surface area (Å²) in [6.45, 7) is 0.393. The van der Waals surface area contributed by atoms with Crippen LogP contribution in [0.4, 0.5) is 0 Å². The fourth-order valence-electron chi connectivity index (χ4n) is 2.02. The van der Waals surface area contributed by atoms with Crippen LogP contribution < -0.4 is 15.2 Å². The van der Waals surface area contributed by atoms with Gasteiger partial charge in [-0.2, -0.15) is 0 Å². The molecule has 0 aromatic heterocycles. The zero-order valence-corrected chi connectivity index (χ0v) is 11.7. The first-order valence-electron chi connectivity index (χ1n) is 5.91. The maximum absolute atomic E-state index is 6.09. The zero-order valence-electron chi connectivity index (χ0n) is 10.9. The van der Waals surface area contributed by atoms with E-state index in [1.54, 1.807) is 14.2 Å². The molecule has 0 atom stereocenters. The predicted molar refractivity (Wildman–Crippen MR) is 77.9 cm³/mol. The van der Waals surface area contributed by atoms with Gasteiger partial charge in [-0.05, 0) is 35.4 Å². The third-order valence-electron chi connectivity index (χ3n) is 2.98. The minimum absolute atomic E-state index is 0.393. The molecule has 0 heterocycles. The molecule has 0 radical (unpaired) electrons. The number of halogens is 1. The molecule has 0 spiro atoms. The zero-order chi connectivity index (χ0) is 13.8. The topological polar surface area (TPSA) is 44.5 Å². The van der Waals surface area contributed by atoms with Crippen molar-refractivity contribution in [2.75, 3.05) is 14.2 Å². The van der Waals surface area contributed by atoms with Gasteiger partial charge in [0, 0.05) is 11.6 Å². The summed E-state index contributed by atoms with van der Waals surface area (Å²) in [5.74, 6) is 1.51. The first kappa shape index (κ1) is 13.7. The van der Waals surface area contributed by atoms with Gasteiger partial charge in [0.2, 0.25) is 0 Å². The fraction of sp³-hybridized carbons (Fsp3) is 0.200. The molecule has 2 aromatic rings. The molecule has 0 amide bonds. The van der Waals surface area contributed by atoms with Crippen LogP contribution in [0.3, 0.4) is 0 Å². The average molecular weight is 278 g/mol. The number of benzene rings is 2. The minimum Gasteiger partial charge on any atom is -0.496 e. The Balaban J connectivity index is 2.63. The lowest BCUT2D eigenvalue weighted by Crippen LogP contribution is -1.98. The molecule has 2 aromatic carbocycles. The van der Waals surface area contributed by atoms with E-state index in [9.17, 15) is 0 Å². The van der Waals surface area contributed by atoms with Crippen LogP contribution in [0.5, 0.6) is 11.5 Å². The van der Waals surface area contributed by atoms with Crippen molar-refractivity contribution in [1.82, 2.24) is 0 Å². The number of ether oxygens (including phenoxy) is 2. The van der Waals surface area contributed by atoms with E-state index in [1.165, 1.54) is 0 Å². The van der Waals surface area contributed by atoms with Gasteiger partial charge in [-0.15, -0.1) is 0 Å². The van der Waals surface area contributed by atoms with Crippen molar-refractivity contribution in [3.05, 3.63) is 47.0 Å². The SMILES string of the molecule is COc1cccc(OC)c1-c1ccc(Cl)c(CN)c1. The standard InChI is InChI=1S/C15H16ClNO2/c1-18-13-4-3-5-14(19-2)15(13)10-6-7-12(16)11(8-10)9-17/h3-8H,9,17H2,1-2H3. The first-order valence-corrected chi connectivity index (χ1v) is 6.29. The summed E-state index contributed by atoms with van der Waals surface area (Å²) in [7, 11) is 3.27. The second-order valence-electron chi connectivity index (χ2n) is 4.05. The Morgan fingerprint density at radius 3 is 2.21 bits per heavy atom. The second-order valence-corrected chi connectivity index (χ2v) is 4.46. The van der Waals surface area contributed by atoms with Crippen LogP contribution in [0, 0.1) is 0 Å². The summed E-state index contributed by atoms with van der Waals surface area (Å²) >= 11 is 6.09. The highest BCUT2D eigenvalue weighted by Crippen LogP contribution is 2.39. The van der Waals surface area contributed by atoms with E-state index >= 15 is 0 Å². The highest BCUT2D eigenvalue weighted by Gasteiger charge is 2.13. The van der Waals surface area contributed by atoms with Crippen molar-refractivity contribution in [2.45, 2.75) is 6.54 Å². The van der Waals surface area contributed by atoms with E-state index in [0.29, 0.717) is 11.6 Å². The molecule has 19 heavy (non-hydrogen) atoms. The van der Waals surface area contributed by atoms with Gasteiger partial charge >= 0.3 is 0 Å². The van der Waals surface area contributed by atoms with Gasteiger partial charge in [-0.1, -0.05) is 23.7 Å². The van der Waals surface area contributed by atoms with Crippen molar-refractivity contribution in [1.29, 1.82) is 0 Å². The quantitative estimate of drug-likeness (QED) is 0.930. The normalized spacial score (nSPS) is 10.3. The van der Waals surface area contributed by atoms with Crippen molar-refractivity contribution in [3.63, 3.8) is 0 Å². The number of hydrogen-bond donors (Lipinski definition) is 1. The molecule has 0 fully saturated rings. The molecule has 0 bridgehead atoms. The van der Waals surface area contributed by atoms with Crippen molar-refractivity contribution in [2.24, 2.45) is 5.73 Å². The van der Waals surface area contributed by atoms with Gasteiger partial charge in [0.1, 0.15) is 11.5 Å². The van der Waals surface area contributed by atoms with Crippen LogP contribution in [-0.2, 0) is 6.54 Å². The van der Waals surface area contributed by atoms with E-state index < -0.39 is 0 Å². The summed E-state index contributed by atoms with van der Waals surface area (Å²) < 4.78 is 10.8. The number of nitrogens with two attached hydrogens (primary N) is 1. The highest BCUT2D eigenvalue weighted by atomic mass is 35.5. The summed E-state index contributed by atoms with van der Waals surface area (Å²) in [5.41, 5.74) is 8.46. The Bertz CT molecular complexity index is 562. The van der Waals surface area contributed by atoms with Gasteiger partial charge < -0.3 is 15.2 Å². The van der Waals surface area contributed by atoms with Crippen LogP contribution >= 0.6 is 11.6 Å². The van der Waals surface area contributed by atoms with Gasteiger partial charge in [0.25, 0.3) is 0 Å². The Morgan fingerprint density at radius 1 is 1.05 bits per heavy atom. The van der Waals surface area contributed by atoms with E-state index in [4.69, 9.17) is 26.8 Å². The molecule has 0 saturated heterocycles. The second kappa shape index (κ2) is 5.95. The van der Waals surface area contributed by atoms with Gasteiger partial charge in [0.05, 0.1) is 19.8 Å². The first-order chi connectivity index (χ1) is 9.21. The lowest BCUT2D eigenvalue weighted by molar-refractivity contribution is 0.397. The van der Waals surface area contributed by atoms with Crippen molar-refractivity contribution < 1.29 is 9.47 Å². The van der Waals surface area contributed by atoms with E-state index in [1.807, 2.05) is 36.4 Å². The Labute approximate surface area is 117 Å². The molecule has 100 valence electrons. The molecular weight excluding hydrogens is 262 g/mol. The van der Waals surface area contributed by atoms with Crippen LogP contribution in [-0.4, -0.2) is 14.2 Å². The van der Waals surface area contributed by atoms with Crippen LogP contribution in [0.15, 0.2) is 36.4 Å². The number of methoxy groups -OCH3 is 2.